The average Bonchev–Trinajstić information content (AvgIpc) is 3.07. The number of rotatable bonds is 5. The van der Waals surface area contributed by atoms with E-state index in [1.165, 1.54) is 0 Å². The summed E-state index contributed by atoms with van der Waals surface area (Å²) in [6.45, 7) is 4.07. The Kier molecular flexibility index (Phi) is 4.54. The summed E-state index contributed by atoms with van der Waals surface area (Å²) in [7, 11) is 0. The van der Waals surface area contributed by atoms with Gasteiger partial charge in [-0.1, -0.05) is 55.1 Å². The smallest absolute Gasteiger partial charge is 0.363 e. The highest BCUT2D eigenvalue weighted by atomic mass is 16.6. The van der Waals surface area contributed by atoms with Crippen molar-refractivity contribution in [2.45, 2.75) is 0 Å². The van der Waals surface area contributed by atoms with Crippen molar-refractivity contribution in [1.29, 1.82) is 0 Å². The van der Waals surface area contributed by atoms with Crippen LogP contribution in [0.15, 0.2) is 90.1 Å². The van der Waals surface area contributed by atoms with Gasteiger partial charge >= 0.3 is 5.97 Å². The SMILES string of the molecule is C=CCOc1ccc(/C=C2\N=C(c3ccc4ccccc4c3)OC2=O)cc1. The molecule has 0 saturated heterocycles. The van der Waals surface area contributed by atoms with Gasteiger partial charge in [0, 0.05) is 5.56 Å². The molecule has 1 heterocycles. The number of aliphatic imine (C=N–C) groups is 1. The Morgan fingerprint density at radius 1 is 1.00 bits per heavy atom. The number of carbonyl (C=O) groups is 1. The Bertz CT molecular complexity index is 1080. The minimum Gasteiger partial charge on any atom is -0.490 e. The maximum absolute atomic E-state index is 12.2. The number of esters is 1. The Labute approximate surface area is 157 Å². The molecule has 3 aromatic rings. The van der Waals surface area contributed by atoms with Crippen LogP contribution >= 0.6 is 0 Å². The molecule has 3 aromatic carbocycles. The van der Waals surface area contributed by atoms with Gasteiger partial charge < -0.3 is 9.47 Å². The summed E-state index contributed by atoms with van der Waals surface area (Å²) >= 11 is 0. The van der Waals surface area contributed by atoms with Crippen molar-refractivity contribution in [3.05, 3.63) is 96.2 Å². The van der Waals surface area contributed by atoms with Gasteiger partial charge in [0.2, 0.25) is 5.90 Å². The van der Waals surface area contributed by atoms with Crippen LogP contribution in [0.4, 0.5) is 0 Å². The predicted octanol–water partition coefficient (Wildman–Crippen LogP) is 4.75. The van der Waals surface area contributed by atoms with Crippen molar-refractivity contribution in [1.82, 2.24) is 0 Å². The molecular formula is C23H17NO3. The first-order valence-electron chi connectivity index (χ1n) is 8.58. The first-order chi connectivity index (χ1) is 13.2. The molecular weight excluding hydrogens is 338 g/mol. The van der Waals surface area contributed by atoms with Gasteiger partial charge in [-0.05, 0) is 46.7 Å². The molecule has 0 aromatic heterocycles. The monoisotopic (exact) mass is 355 g/mol. The molecule has 4 nitrogen and oxygen atoms in total. The van der Waals surface area contributed by atoms with E-state index in [1.807, 2.05) is 66.7 Å². The van der Waals surface area contributed by atoms with Crippen molar-refractivity contribution >= 4 is 28.7 Å². The standard InChI is InChI=1S/C23H17NO3/c1-2-13-26-20-11-7-16(8-12-20)14-21-23(25)27-22(24-21)19-10-9-17-5-3-4-6-18(17)15-19/h2-12,14-15H,1,13H2/b21-14-. The fourth-order valence-electron chi connectivity index (χ4n) is 2.83. The lowest BCUT2D eigenvalue weighted by atomic mass is 10.1. The van der Waals surface area contributed by atoms with Crippen LogP contribution in [0.25, 0.3) is 16.8 Å². The summed E-state index contributed by atoms with van der Waals surface area (Å²) in [5.41, 5.74) is 1.90. The lowest BCUT2D eigenvalue weighted by Crippen LogP contribution is -2.05. The summed E-state index contributed by atoms with van der Waals surface area (Å²) in [6, 6.07) is 21.3. The first kappa shape index (κ1) is 16.8. The third-order valence-corrected chi connectivity index (χ3v) is 4.17. The molecule has 0 unspecified atom stereocenters. The van der Waals surface area contributed by atoms with E-state index in [0.29, 0.717) is 12.5 Å². The highest BCUT2D eigenvalue weighted by Gasteiger charge is 2.24. The van der Waals surface area contributed by atoms with Gasteiger partial charge in [-0.3, -0.25) is 0 Å². The van der Waals surface area contributed by atoms with Crippen LogP contribution in [-0.4, -0.2) is 18.5 Å². The molecule has 132 valence electrons. The Balaban J connectivity index is 1.59. The van der Waals surface area contributed by atoms with E-state index in [1.54, 1.807) is 12.2 Å². The van der Waals surface area contributed by atoms with Crippen LogP contribution < -0.4 is 4.74 Å². The van der Waals surface area contributed by atoms with Crippen LogP contribution in [0, 0.1) is 0 Å². The highest BCUT2D eigenvalue weighted by molar-refractivity contribution is 6.13. The number of cyclic esters (lactones) is 1. The van der Waals surface area contributed by atoms with E-state index < -0.39 is 5.97 Å². The highest BCUT2D eigenvalue weighted by Crippen LogP contribution is 2.23. The van der Waals surface area contributed by atoms with Gasteiger partial charge in [-0.25, -0.2) is 9.79 Å². The van der Waals surface area contributed by atoms with E-state index in [4.69, 9.17) is 9.47 Å². The molecule has 0 bridgehead atoms. The normalized spacial score (nSPS) is 14.9. The summed E-state index contributed by atoms with van der Waals surface area (Å²) < 4.78 is 10.8. The van der Waals surface area contributed by atoms with Gasteiger partial charge in [0.1, 0.15) is 12.4 Å². The van der Waals surface area contributed by atoms with Gasteiger partial charge in [0.05, 0.1) is 0 Å². The minimum absolute atomic E-state index is 0.276. The molecule has 0 saturated carbocycles. The second-order valence-corrected chi connectivity index (χ2v) is 6.07. The van der Waals surface area contributed by atoms with Crippen molar-refractivity contribution in [2.24, 2.45) is 4.99 Å². The number of hydrogen-bond acceptors (Lipinski definition) is 4. The second-order valence-electron chi connectivity index (χ2n) is 6.07. The largest absolute Gasteiger partial charge is 0.490 e. The number of fused-ring (bicyclic) bond motifs is 1. The van der Waals surface area contributed by atoms with E-state index in [-0.39, 0.29) is 5.70 Å². The number of nitrogens with zero attached hydrogens (tertiary/aromatic N) is 1. The molecule has 4 heteroatoms. The number of carbonyl (C=O) groups excluding carboxylic acids is 1. The van der Waals surface area contributed by atoms with Gasteiger partial charge in [0.25, 0.3) is 0 Å². The zero-order valence-corrected chi connectivity index (χ0v) is 14.6. The van der Waals surface area contributed by atoms with Crippen molar-refractivity contribution in [3.8, 4) is 5.75 Å². The van der Waals surface area contributed by atoms with Crippen molar-refractivity contribution < 1.29 is 14.3 Å². The zero-order chi connectivity index (χ0) is 18.6. The third kappa shape index (κ3) is 3.65. The Hall–Kier alpha value is -3.66. The fourth-order valence-corrected chi connectivity index (χ4v) is 2.83. The molecule has 0 fully saturated rings. The summed E-state index contributed by atoms with van der Waals surface area (Å²) in [5, 5.41) is 2.20. The zero-order valence-electron chi connectivity index (χ0n) is 14.6. The van der Waals surface area contributed by atoms with Crippen LogP contribution in [0.3, 0.4) is 0 Å². The molecule has 1 aliphatic heterocycles. The number of hydrogen-bond donors (Lipinski definition) is 0. The maximum atomic E-state index is 12.2. The van der Waals surface area contributed by atoms with Crippen LogP contribution in [0.5, 0.6) is 5.75 Å². The molecule has 27 heavy (non-hydrogen) atoms. The topological polar surface area (TPSA) is 47.9 Å². The fraction of sp³-hybridized carbons (Fsp3) is 0.0435. The second kappa shape index (κ2) is 7.30. The van der Waals surface area contributed by atoms with Gasteiger partial charge in [0.15, 0.2) is 5.70 Å². The molecule has 4 rings (SSSR count). The molecule has 0 N–H and O–H groups in total. The number of ether oxygens (including phenoxy) is 2. The molecule has 0 amide bonds. The van der Waals surface area contributed by atoms with Crippen LogP contribution in [0.1, 0.15) is 11.1 Å². The third-order valence-electron chi connectivity index (χ3n) is 4.17. The summed E-state index contributed by atoms with van der Waals surface area (Å²) in [5.74, 6) is 0.611. The quantitative estimate of drug-likeness (QED) is 0.377. The molecule has 0 aliphatic carbocycles. The van der Waals surface area contributed by atoms with Gasteiger partial charge in [-0.2, -0.15) is 0 Å². The molecule has 1 aliphatic rings. The lowest BCUT2D eigenvalue weighted by Gasteiger charge is -2.02. The van der Waals surface area contributed by atoms with E-state index in [9.17, 15) is 4.79 Å². The van der Waals surface area contributed by atoms with E-state index >= 15 is 0 Å². The van der Waals surface area contributed by atoms with Crippen molar-refractivity contribution in [3.63, 3.8) is 0 Å². The predicted molar refractivity (Wildman–Crippen MR) is 107 cm³/mol. The summed E-state index contributed by atoms with van der Waals surface area (Å²) in [6.07, 6.45) is 3.39. The van der Waals surface area contributed by atoms with Crippen molar-refractivity contribution in [2.75, 3.05) is 6.61 Å². The Morgan fingerprint density at radius 2 is 1.78 bits per heavy atom. The summed E-state index contributed by atoms with van der Waals surface area (Å²) in [4.78, 5) is 16.6. The number of benzene rings is 3. The average molecular weight is 355 g/mol. The lowest BCUT2D eigenvalue weighted by molar-refractivity contribution is -0.129. The minimum atomic E-state index is -0.454. The van der Waals surface area contributed by atoms with E-state index in [2.05, 4.69) is 11.6 Å². The van der Waals surface area contributed by atoms with Crippen LogP contribution in [-0.2, 0) is 9.53 Å². The maximum Gasteiger partial charge on any atom is 0.363 e. The van der Waals surface area contributed by atoms with Crippen LogP contribution in [0.2, 0.25) is 0 Å². The molecule has 0 spiro atoms. The van der Waals surface area contributed by atoms with E-state index in [0.717, 1.165) is 27.6 Å². The van der Waals surface area contributed by atoms with Gasteiger partial charge in [-0.15, -0.1) is 0 Å². The first-order valence-corrected chi connectivity index (χ1v) is 8.58. The molecule has 0 radical (unpaired) electrons. The Morgan fingerprint density at radius 3 is 2.56 bits per heavy atom. The molecule has 0 atom stereocenters.